The van der Waals surface area contributed by atoms with Gasteiger partial charge in [-0.15, -0.1) is 11.3 Å². The average molecular weight is 395 g/mol. The molecule has 10 heteroatoms. The molecule has 3 N–H and O–H groups in total. The minimum absolute atomic E-state index is 0.151. The van der Waals surface area contributed by atoms with E-state index >= 15 is 0 Å². The van der Waals surface area contributed by atoms with Crippen LogP contribution in [-0.4, -0.2) is 38.6 Å². The van der Waals surface area contributed by atoms with Gasteiger partial charge >= 0.3 is 7.12 Å². The maximum absolute atomic E-state index is 9.19. The third kappa shape index (κ3) is 4.08. The molecule has 0 unspecified atom stereocenters. The van der Waals surface area contributed by atoms with E-state index in [0.717, 1.165) is 30.2 Å². The highest BCUT2D eigenvalue weighted by Gasteiger charge is 2.29. The molecule has 0 spiro atoms. The van der Waals surface area contributed by atoms with Crippen molar-refractivity contribution in [2.75, 3.05) is 11.9 Å². The monoisotopic (exact) mass is 395 g/mol. The number of thiazole rings is 1. The summed E-state index contributed by atoms with van der Waals surface area (Å²) in [7, 11) is -1.59. The van der Waals surface area contributed by atoms with Gasteiger partial charge in [0, 0.05) is 11.6 Å². The summed E-state index contributed by atoms with van der Waals surface area (Å²) >= 11 is 1.50. The molecule has 1 atom stereocenters. The lowest BCUT2D eigenvalue weighted by Gasteiger charge is -2.21. The lowest BCUT2D eigenvalue weighted by Crippen LogP contribution is -2.28. The Kier molecular flexibility index (Phi) is 5.41. The summed E-state index contributed by atoms with van der Waals surface area (Å²) in [6, 6.07) is 8.97. The molecule has 0 saturated carbocycles. The fourth-order valence-corrected chi connectivity index (χ4v) is 4.11. The van der Waals surface area contributed by atoms with E-state index in [4.69, 9.17) is 14.7 Å². The van der Waals surface area contributed by atoms with Crippen LogP contribution in [0.5, 0.6) is 0 Å². The SMILES string of the molecule is N#Cc1ccnc(Nc2nc([C@@H]3CCCN3Cc3ccc(B(O)O)o3)cs2)c1. The van der Waals surface area contributed by atoms with Crippen molar-refractivity contribution in [3.8, 4) is 6.07 Å². The lowest BCUT2D eigenvalue weighted by molar-refractivity contribution is 0.226. The van der Waals surface area contributed by atoms with Crippen LogP contribution >= 0.6 is 11.3 Å². The van der Waals surface area contributed by atoms with Crippen molar-refractivity contribution in [3.05, 3.63) is 52.9 Å². The molecule has 28 heavy (non-hydrogen) atoms. The Labute approximate surface area is 166 Å². The van der Waals surface area contributed by atoms with Gasteiger partial charge in [0.05, 0.1) is 29.9 Å². The molecule has 0 amide bonds. The van der Waals surface area contributed by atoms with Gasteiger partial charge in [-0.25, -0.2) is 9.97 Å². The topological polar surface area (TPSA) is 118 Å². The third-order valence-corrected chi connectivity index (χ3v) is 5.42. The van der Waals surface area contributed by atoms with Gasteiger partial charge in [0.25, 0.3) is 0 Å². The molecule has 0 bridgehead atoms. The summed E-state index contributed by atoms with van der Waals surface area (Å²) < 4.78 is 5.49. The molecule has 4 heterocycles. The number of nitriles is 1. The zero-order chi connectivity index (χ0) is 19.5. The Morgan fingerprint density at radius 2 is 2.29 bits per heavy atom. The molecule has 4 rings (SSSR count). The highest BCUT2D eigenvalue weighted by molar-refractivity contribution is 7.13. The average Bonchev–Trinajstić information content (AvgIpc) is 3.43. The lowest BCUT2D eigenvalue weighted by atomic mass is 9.88. The zero-order valence-corrected chi connectivity index (χ0v) is 15.8. The van der Waals surface area contributed by atoms with Crippen molar-refractivity contribution < 1.29 is 14.5 Å². The number of rotatable bonds is 6. The second-order valence-corrected chi connectivity index (χ2v) is 7.41. The minimum atomic E-state index is -1.59. The van der Waals surface area contributed by atoms with E-state index in [2.05, 4.69) is 21.3 Å². The van der Waals surface area contributed by atoms with Crippen LogP contribution in [0.15, 0.2) is 40.3 Å². The van der Waals surface area contributed by atoms with E-state index in [1.54, 1.807) is 30.5 Å². The number of pyridine rings is 1. The maximum Gasteiger partial charge on any atom is 0.526 e. The molecule has 1 aliphatic rings. The van der Waals surface area contributed by atoms with Gasteiger partial charge in [-0.05, 0) is 43.7 Å². The fourth-order valence-electron chi connectivity index (χ4n) is 3.34. The fraction of sp³-hybridized carbons (Fsp3) is 0.278. The van der Waals surface area contributed by atoms with Crippen LogP contribution in [0, 0.1) is 11.3 Å². The van der Waals surface area contributed by atoms with Gasteiger partial charge < -0.3 is 19.8 Å². The molecular formula is C18H18BN5O3S. The van der Waals surface area contributed by atoms with Crippen molar-refractivity contribution in [1.82, 2.24) is 14.9 Å². The highest BCUT2D eigenvalue weighted by Crippen LogP contribution is 2.35. The Morgan fingerprint density at radius 1 is 1.39 bits per heavy atom. The first-order chi connectivity index (χ1) is 13.6. The molecular weight excluding hydrogens is 377 g/mol. The molecule has 8 nitrogen and oxygen atoms in total. The van der Waals surface area contributed by atoms with E-state index in [9.17, 15) is 10.0 Å². The van der Waals surface area contributed by atoms with Crippen molar-refractivity contribution >= 4 is 35.1 Å². The van der Waals surface area contributed by atoms with Crippen LogP contribution in [0.1, 0.15) is 35.9 Å². The van der Waals surface area contributed by atoms with Gasteiger partial charge in [-0.2, -0.15) is 5.26 Å². The first-order valence-electron chi connectivity index (χ1n) is 8.90. The number of likely N-dealkylation sites (tertiary alicyclic amines) is 1. The maximum atomic E-state index is 9.19. The van der Waals surface area contributed by atoms with E-state index in [1.165, 1.54) is 11.3 Å². The van der Waals surface area contributed by atoms with Crippen molar-refractivity contribution in [2.45, 2.75) is 25.4 Å². The van der Waals surface area contributed by atoms with Gasteiger partial charge in [-0.3, -0.25) is 4.90 Å². The number of anilines is 2. The second kappa shape index (κ2) is 8.12. The largest absolute Gasteiger partial charge is 0.526 e. The molecule has 0 aliphatic carbocycles. The predicted molar refractivity (Wildman–Crippen MR) is 105 cm³/mol. The number of furan rings is 1. The highest BCUT2D eigenvalue weighted by atomic mass is 32.1. The summed E-state index contributed by atoms with van der Waals surface area (Å²) in [5.74, 6) is 1.29. The number of nitrogens with one attached hydrogen (secondary N) is 1. The Bertz CT molecular complexity index is 999. The van der Waals surface area contributed by atoms with Crippen LogP contribution in [0.2, 0.25) is 0 Å². The first kappa shape index (κ1) is 18.6. The number of hydrogen-bond donors (Lipinski definition) is 3. The molecule has 3 aromatic rings. The Balaban J connectivity index is 1.45. The number of hydrogen-bond acceptors (Lipinski definition) is 9. The van der Waals surface area contributed by atoms with Gasteiger partial charge in [0.2, 0.25) is 0 Å². The van der Waals surface area contributed by atoms with Gasteiger partial charge in [-0.1, -0.05) is 0 Å². The van der Waals surface area contributed by atoms with Crippen LogP contribution in [0.25, 0.3) is 0 Å². The van der Waals surface area contributed by atoms with Crippen LogP contribution in [0.4, 0.5) is 10.9 Å². The molecule has 3 aromatic heterocycles. The normalized spacial score (nSPS) is 16.8. The van der Waals surface area contributed by atoms with Crippen molar-refractivity contribution in [2.24, 2.45) is 0 Å². The quantitative estimate of drug-likeness (QED) is 0.541. The van der Waals surface area contributed by atoms with E-state index < -0.39 is 7.12 Å². The Hall–Kier alpha value is -2.71. The third-order valence-electron chi connectivity index (χ3n) is 4.65. The van der Waals surface area contributed by atoms with Crippen molar-refractivity contribution in [3.63, 3.8) is 0 Å². The smallest absolute Gasteiger partial charge is 0.468 e. The first-order valence-corrected chi connectivity index (χ1v) is 9.78. The van der Waals surface area contributed by atoms with Crippen molar-refractivity contribution in [1.29, 1.82) is 5.26 Å². The summed E-state index contributed by atoms with van der Waals surface area (Å²) in [5.41, 5.74) is 1.68. The van der Waals surface area contributed by atoms with Crippen LogP contribution in [-0.2, 0) is 6.54 Å². The molecule has 1 aliphatic heterocycles. The Morgan fingerprint density at radius 3 is 3.07 bits per heavy atom. The summed E-state index contributed by atoms with van der Waals surface area (Å²) in [6.45, 7) is 1.51. The summed E-state index contributed by atoms with van der Waals surface area (Å²) in [6.07, 6.45) is 3.66. The molecule has 1 saturated heterocycles. The van der Waals surface area contributed by atoms with Gasteiger partial charge in [0.15, 0.2) is 5.13 Å². The zero-order valence-electron chi connectivity index (χ0n) is 14.9. The van der Waals surface area contributed by atoms with Crippen LogP contribution in [0.3, 0.4) is 0 Å². The van der Waals surface area contributed by atoms with E-state index in [1.807, 2.05) is 5.38 Å². The second-order valence-electron chi connectivity index (χ2n) is 6.55. The number of aromatic nitrogens is 2. The minimum Gasteiger partial charge on any atom is -0.468 e. The standard InChI is InChI=1S/C18H18BN5O3S/c20-9-12-5-6-21-17(8-12)23-18-22-14(11-28-18)15-2-1-7-24(15)10-13-3-4-16(27-13)19(25)26/h3-6,8,11,15,25-26H,1-2,7,10H2,(H,21,22,23)/t15-/m0/s1. The molecule has 0 radical (unpaired) electrons. The summed E-state index contributed by atoms with van der Waals surface area (Å²) in [5, 5.41) is 33.3. The van der Waals surface area contributed by atoms with E-state index in [0.29, 0.717) is 23.7 Å². The van der Waals surface area contributed by atoms with E-state index in [-0.39, 0.29) is 11.7 Å². The van der Waals surface area contributed by atoms with Crippen LogP contribution < -0.4 is 11.0 Å². The number of nitrogens with zero attached hydrogens (tertiary/aromatic N) is 4. The molecule has 0 aromatic carbocycles. The van der Waals surface area contributed by atoms with Gasteiger partial charge in [0.1, 0.15) is 17.2 Å². The molecule has 1 fully saturated rings. The predicted octanol–water partition coefficient (Wildman–Crippen LogP) is 1.76. The molecule has 142 valence electrons. The summed E-state index contributed by atoms with van der Waals surface area (Å²) in [4.78, 5) is 11.2.